The number of carbonyl (C=O) groups excluding carboxylic acids is 1. The van der Waals surface area contributed by atoms with Crippen LogP contribution in [0.4, 0.5) is 0 Å². The molecule has 1 fully saturated rings. The number of aryl methyl sites for hydroxylation is 1. The van der Waals surface area contributed by atoms with Crippen molar-refractivity contribution in [3.05, 3.63) is 59.2 Å². The van der Waals surface area contributed by atoms with Crippen molar-refractivity contribution in [2.24, 2.45) is 0 Å². The molecule has 3 rings (SSSR count). The third-order valence-corrected chi connectivity index (χ3v) is 8.37. The van der Waals surface area contributed by atoms with E-state index in [1.165, 1.54) is 5.56 Å². The zero-order chi connectivity index (χ0) is 24.9. The minimum absolute atomic E-state index is 0.0834. The predicted molar refractivity (Wildman–Crippen MR) is 136 cm³/mol. The Kier molecular flexibility index (Phi) is 8.42. The number of benzene rings is 2. The Morgan fingerprint density at radius 3 is 2.29 bits per heavy atom. The first-order chi connectivity index (χ1) is 16.0. The highest BCUT2D eigenvalue weighted by Crippen LogP contribution is 2.28. The second-order valence-corrected chi connectivity index (χ2v) is 12.0. The van der Waals surface area contributed by atoms with Crippen LogP contribution < -0.4 is 10.1 Å². The van der Waals surface area contributed by atoms with E-state index in [2.05, 4.69) is 50.4 Å². The average molecular weight is 487 g/mol. The molecule has 2 aromatic rings. The number of hydrogen-bond acceptors (Lipinski definition) is 4. The second-order valence-electron chi connectivity index (χ2n) is 10.1. The molecule has 0 spiro atoms. The van der Waals surface area contributed by atoms with Crippen molar-refractivity contribution in [3.63, 3.8) is 0 Å². The summed E-state index contributed by atoms with van der Waals surface area (Å²) in [5.41, 5.74) is 3.10. The van der Waals surface area contributed by atoms with Gasteiger partial charge in [-0.3, -0.25) is 4.79 Å². The van der Waals surface area contributed by atoms with Gasteiger partial charge in [0.25, 0.3) is 0 Å². The van der Waals surface area contributed by atoms with E-state index in [1.807, 2.05) is 6.92 Å². The van der Waals surface area contributed by atoms with Gasteiger partial charge in [-0.15, -0.1) is 0 Å². The summed E-state index contributed by atoms with van der Waals surface area (Å²) in [5, 5.41) is 3.05. The van der Waals surface area contributed by atoms with E-state index >= 15 is 0 Å². The lowest BCUT2D eigenvalue weighted by molar-refractivity contribution is -0.121. The lowest BCUT2D eigenvalue weighted by atomic mass is 9.86. The molecule has 7 heteroatoms. The first-order valence-corrected chi connectivity index (χ1v) is 13.5. The van der Waals surface area contributed by atoms with Crippen LogP contribution in [0.15, 0.2) is 47.4 Å². The maximum Gasteiger partial charge on any atom is 0.243 e. The molecule has 0 unspecified atom stereocenters. The number of methoxy groups -OCH3 is 1. The summed E-state index contributed by atoms with van der Waals surface area (Å²) in [6, 6.07) is 13.2. The van der Waals surface area contributed by atoms with Gasteiger partial charge in [0.1, 0.15) is 5.75 Å². The van der Waals surface area contributed by atoms with Crippen LogP contribution in [-0.2, 0) is 26.7 Å². The van der Waals surface area contributed by atoms with Crippen molar-refractivity contribution in [1.82, 2.24) is 9.62 Å². The number of amides is 1. The van der Waals surface area contributed by atoms with Crippen LogP contribution in [0.1, 0.15) is 76.1 Å². The number of ether oxygens (including phenoxy) is 1. The summed E-state index contributed by atoms with van der Waals surface area (Å²) in [6.07, 6.45) is 3.48. The maximum absolute atomic E-state index is 13.1. The van der Waals surface area contributed by atoms with E-state index in [-0.39, 0.29) is 28.7 Å². The summed E-state index contributed by atoms with van der Waals surface area (Å²) in [7, 11) is -1.98. The van der Waals surface area contributed by atoms with Crippen molar-refractivity contribution in [2.75, 3.05) is 20.2 Å². The van der Waals surface area contributed by atoms with E-state index in [9.17, 15) is 13.2 Å². The molecule has 6 nitrogen and oxygen atoms in total. The monoisotopic (exact) mass is 486 g/mol. The van der Waals surface area contributed by atoms with Crippen molar-refractivity contribution >= 4 is 15.9 Å². The summed E-state index contributed by atoms with van der Waals surface area (Å²) < 4.78 is 33.1. The summed E-state index contributed by atoms with van der Waals surface area (Å²) in [4.78, 5) is 12.9. The van der Waals surface area contributed by atoms with Crippen LogP contribution in [0.5, 0.6) is 5.75 Å². The number of piperidine rings is 1. The van der Waals surface area contributed by atoms with Crippen LogP contribution in [0, 0.1) is 0 Å². The first kappa shape index (κ1) is 26.2. The van der Waals surface area contributed by atoms with E-state index in [4.69, 9.17) is 4.74 Å². The predicted octanol–water partition coefficient (Wildman–Crippen LogP) is 4.98. The molecule has 1 N–H and O–H groups in total. The van der Waals surface area contributed by atoms with Crippen LogP contribution in [-0.4, -0.2) is 38.8 Å². The fraction of sp³-hybridized carbons (Fsp3) is 0.519. The number of sulfonamides is 1. The number of carbonyl (C=O) groups is 1. The largest absolute Gasteiger partial charge is 0.496 e. The van der Waals surface area contributed by atoms with Crippen molar-refractivity contribution in [3.8, 4) is 5.75 Å². The number of rotatable bonds is 8. The molecule has 0 bridgehead atoms. The van der Waals surface area contributed by atoms with Crippen molar-refractivity contribution in [2.45, 2.75) is 76.2 Å². The fourth-order valence-electron chi connectivity index (χ4n) is 4.28. The van der Waals surface area contributed by atoms with Crippen LogP contribution in [0.2, 0.25) is 0 Å². The number of nitrogens with zero attached hydrogens (tertiary/aromatic N) is 1. The molecule has 0 saturated carbocycles. The molecular weight excluding hydrogens is 448 g/mol. The third-order valence-electron chi connectivity index (χ3n) is 6.48. The topological polar surface area (TPSA) is 75.7 Å². The summed E-state index contributed by atoms with van der Waals surface area (Å²) >= 11 is 0. The lowest BCUT2D eigenvalue weighted by Gasteiger charge is -2.26. The van der Waals surface area contributed by atoms with E-state index < -0.39 is 10.0 Å². The molecule has 34 heavy (non-hydrogen) atoms. The Hall–Kier alpha value is -2.38. The van der Waals surface area contributed by atoms with Gasteiger partial charge in [0.2, 0.25) is 15.9 Å². The molecule has 0 radical (unpaired) electrons. The van der Waals surface area contributed by atoms with Gasteiger partial charge in [0.05, 0.1) is 18.0 Å². The quantitative estimate of drug-likeness (QED) is 0.571. The molecule has 1 heterocycles. The van der Waals surface area contributed by atoms with Gasteiger partial charge >= 0.3 is 0 Å². The normalized spacial score (nSPS) is 16.1. The van der Waals surface area contributed by atoms with Gasteiger partial charge in [-0.1, -0.05) is 51.5 Å². The SMILES string of the molecule is COc1ccc(S(=O)(=O)N2CCCCC2)cc1CCC(=O)N[C@@H](C)c1ccc(C(C)(C)C)cc1. The molecule has 0 aliphatic carbocycles. The summed E-state index contributed by atoms with van der Waals surface area (Å²) in [6.45, 7) is 9.61. The molecule has 2 aromatic carbocycles. The Morgan fingerprint density at radius 1 is 1.06 bits per heavy atom. The van der Waals surface area contributed by atoms with Crippen LogP contribution in [0.25, 0.3) is 0 Å². The number of nitrogens with one attached hydrogen (secondary N) is 1. The minimum Gasteiger partial charge on any atom is -0.496 e. The van der Waals surface area contributed by atoms with Gasteiger partial charge in [-0.05, 0) is 66.5 Å². The minimum atomic E-state index is -3.54. The molecule has 1 aliphatic rings. The lowest BCUT2D eigenvalue weighted by Crippen LogP contribution is -2.35. The summed E-state index contributed by atoms with van der Waals surface area (Å²) in [5.74, 6) is 0.509. The molecular formula is C27H38N2O4S. The van der Waals surface area contributed by atoms with Crippen LogP contribution in [0.3, 0.4) is 0 Å². The smallest absolute Gasteiger partial charge is 0.243 e. The van der Waals surface area contributed by atoms with Crippen LogP contribution >= 0.6 is 0 Å². The zero-order valence-corrected chi connectivity index (χ0v) is 21.9. The van der Waals surface area contributed by atoms with Crippen molar-refractivity contribution < 1.29 is 17.9 Å². The third kappa shape index (κ3) is 6.39. The van der Waals surface area contributed by atoms with Gasteiger partial charge < -0.3 is 10.1 Å². The Morgan fingerprint density at radius 2 is 1.71 bits per heavy atom. The van der Waals surface area contributed by atoms with E-state index in [1.54, 1.807) is 29.6 Å². The Balaban J connectivity index is 1.65. The average Bonchev–Trinajstić information content (AvgIpc) is 2.82. The second kappa shape index (κ2) is 10.9. The molecule has 1 saturated heterocycles. The maximum atomic E-state index is 13.1. The molecule has 0 aromatic heterocycles. The highest BCUT2D eigenvalue weighted by molar-refractivity contribution is 7.89. The Bertz CT molecular complexity index is 1080. The van der Waals surface area contributed by atoms with E-state index in [0.29, 0.717) is 25.3 Å². The van der Waals surface area contributed by atoms with E-state index in [0.717, 1.165) is 30.4 Å². The molecule has 186 valence electrons. The molecule has 1 atom stereocenters. The van der Waals surface area contributed by atoms with Gasteiger partial charge in [-0.2, -0.15) is 4.31 Å². The van der Waals surface area contributed by atoms with Gasteiger partial charge in [0, 0.05) is 19.5 Å². The number of hydrogen-bond donors (Lipinski definition) is 1. The van der Waals surface area contributed by atoms with Gasteiger partial charge in [0.15, 0.2) is 0 Å². The first-order valence-electron chi connectivity index (χ1n) is 12.1. The highest BCUT2D eigenvalue weighted by Gasteiger charge is 2.26. The van der Waals surface area contributed by atoms with Gasteiger partial charge in [-0.25, -0.2) is 8.42 Å². The van der Waals surface area contributed by atoms with Crippen molar-refractivity contribution in [1.29, 1.82) is 0 Å². The zero-order valence-electron chi connectivity index (χ0n) is 21.1. The standard InChI is InChI=1S/C27H38N2O4S/c1-20(21-9-12-23(13-10-21)27(2,3)4)28-26(30)16-11-22-19-24(14-15-25(22)33-5)34(31,32)29-17-7-6-8-18-29/h9-10,12-15,19-20H,6-8,11,16-18H2,1-5H3,(H,28,30)/t20-/m0/s1. The molecule has 1 amide bonds. The Labute approximate surface area is 204 Å². The molecule has 1 aliphatic heterocycles. The highest BCUT2D eigenvalue weighted by atomic mass is 32.2. The fourth-order valence-corrected chi connectivity index (χ4v) is 5.85.